The molecule has 0 fully saturated rings. The minimum absolute atomic E-state index is 0.0813. The highest BCUT2D eigenvalue weighted by molar-refractivity contribution is 5.79. The molecule has 1 unspecified atom stereocenters. The Labute approximate surface area is 101 Å². The molecule has 0 spiro atoms. The predicted octanol–water partition coefficient (Wildman–Crippen LogP) is 2.39. The Morgan fingerprint density at radius 3 is 2.71 bits per heavy atom. The van der Waals surface area contributed by atoms with Crippen molar-refractivity contribution < 1.29 is 13.9 Å². The van der Waals surface area contributed by atoms with Crippen molar-refractivity contribution in [3.05, 3.63) is 35.6 Å². The van der Waals surface area contributed by atoms with Crippen LogP contribution >= 0.6 is 0 Å². The van der Waals surface area contributed by atoms with Crippen molar-refractivity contribution in [1.29, 1.82) is 0 Å². The van der Waals surface area contributed by atoms with E-state index in [2.05, 4.69) is 0 Å². The monoisotopic (exact) mass is 239 g/mol. The first-order valence-corrected chi connectivity index (χ1v) is 5.67. The maximum absolute atomic E-state index is 13.3. The normalized spacial score (nSPS) is 14.1. The van der Waals surface area contributed by atoms with E-state index in [1.807, 2.05) is 6.92 Å². The summed E-state index contributed by atoms with van der Waals surface area (Å²) >= 11 is 0. The number of nitrogens with two attached hydrogens (primary N) is 1. The van der Waals surface area contributed by atoms with Gasteiger partial charge < -0.3 is 10.5 Å². The van der Waals surface area contributed by atoms with Crippen LogP contribution in [0.5, 0.6) is 0 Å². The molecular formula is C13H18FNO2. The van der Waals surface area contributed by atoms with Crippen LogP contribution in [0.4, 0.5) is 4.39 Å². The van der Waals surface area contributed by atoms with Gasteiger partial charge in [-0.1, -0.05) is 31.5 Å². The second-order valence-corrected chi connectivity index (χ2v) is 4.34. The Balaban J connectivity index is 2.57. The van der Waals surface area contributed by atoms with Gasteiger partial charge in [0.05, 0.1) is 0 Å². The van der Waals surface area contributed by atoms with Gasteiger partial charge in [0.2, 0.25) is 0 Å². The smallest absolute Gasteiger partial charge is 0.326 e. The van der Waals surface area contributed by atoms with Crippen LogP contribution < -0.4 is 5.73 Å². The fourth-order valence-corrected chi connectivity index (χ4v) is 1.55. The van der Waals surface area contributed by atoms with E-state index in [-0.39, 0.29) is 12.4 Å². The van der Waals surface area contributed by atoms with Gasteiger partial charge in [-0.2, -0.15) is 0 Å². The van der Waals surface area contributed by atoms with Crippen molar-refractivity contribution in [1.82, 2.24) is 0 Å². The average molecular weight is 239 g/mol. The minimum Gasteiger partial charge on any atom is -0.459 e. The SMILES string of the molecule is CCCC(C)(N)C(=O)OCc1ccccc1F. The standard InChI is InChI=1S/C13H18FNO2/c1-3-8-13(2,15)12(16)17-9-10-6-4-5-7-11(10)14/h4-7H,3,8-9,15H2,1-2H3. The molecular weight excluding hydrogens is 221 g/mol. The van der Waals surface area contributed by atoms with Gasteiger partial charge in [-0.25, -0.2) is 4.39 Å². The van der Waals surface area contributed by atoms with Gasteiger partial charge in [0.15, 0.2) is 0 Å². The Bertz CT molecular complexity index is 391. The lowest BCUT2D eigenvalue weighted by Crippen LogP contribution is -2.45. The zero-order chi connectivity index (χ0) is 12.9. The molecule has 0 bridgehead atoms. The predicted molar refractivity (Wildman–Crippen MR) is 63.7 cm³/mol. The summed E-state index contributed by atoms with van der Waals surface area (Å²) in [6.45, 7) is 3.48. The van der Waals surface area contributed by atoms with Gasteiger partial charge in [-0.3, -0.25) is 4.79 Å². The topological polar surface area (TPSA) is 52.3 Å². The Morgan fingerprint density at radius 2 is 2.12 bits per heavy atom. The van der Waals surface area contributed by atoms with Gasteiger partial charge in [-0.15, -0.1) is 0 Å². The summed E-state index contributed by atoms with van der Waals surface area (Å²) in [4.78, 5) is 11.7. The molecule has 1 aromatic carbocycles. The molecule has 3 nitrogen and oxygen atoms in total. The van der Waals surface area contributed by atoms with E-state index >= 15 is 0 Å². The first-order valence-electron chi connectivity index (χ1n) is 5.67. The molecule has 0 aliphatic carbocycles. The molecule has 17 heavy (non-hydrogen) atoms. The van der Waals surface area contributed by atoms with Crippen molar-refractivity contribution in [3.63, 3.8) is 0 Å². The summed E-state index contributed by atoms with van der Waals surface area (Å²) in [6.07, 6.45) is 1.34. The van der Waals surface area contributed by atoms with E-state index < -0.39 is 11.5 Å². The number of hydrogen-bond donors (Lipinski definition) is 1. The number of rotatable bonds is 5. The average Bonchev–Trinajstić information content (AvgIpc) is 2.27. The van der Waals surface area contributed by atoms with Gasteiger partial charge in [0.25, 0.3) is 0 Å². The van der Waals surface area contributed by atoms with Crippen LogP contribution in [0.25, 0.3) is 0 Å². The van der Waals surface area contributed by atoms with Crippen molar-refractivity contribution in [2.75, 3.05) is 0 Å². The Morgan fingerprint density at radius 1 is 1.47 bits per heavy atom. The largest absolute Gasteiger partial charge is 0.459 e. The second-order valence-electron chi connectivity index (χ2n) is 4.34. The fraction of sp³-hybridized carbons (Fsp3) is 0.462. The maximum atomic E-state index is 13.3. The first kappa shape index (κ1) is 13.6. The molecule has 2 N–H and O–H groups in total. The molecule has 0 aromatic heterocycles. The molecule has 0 saturated carbocycles. The molecule has 94 valence electrons. The number of hydrogen-bond acceptors (Lipinski definition) is 3. The highest BCUT2D eigenvalue weighted by atomic mass is 19.1. The Kier molecular flexibility index (Phi) is 4.63. The summed E-state index contributed by atoms with van der Waals surface area (Å²) in [6, 6.07) is 6.19. The molecule has 1 atom stereocenters. The molecule has 0 aliphatic rings. The van der Waals surface area contributed by atoms with Gasteiger partial charge in [-0.05, 0) is 19.4 Å². The molecule has 0 aliphatic heterocycles. The van der Waals surface area contributed by atoms with E-state index in [1.54, 1.807) is 25.1 Å². The highest BCUT2D eigenvalue weighted by Crippen LogP contribution is 2.13. The molecule has 0 saturated heterocycles. The van der Waals surface area contributed by atoms with E-state index in [9.17, 15) is 9.18 Å². The Hall–Kier alpha value is -1.42. The van der Waals surface area contributed by atoms with Crippen LogP contribution in [0.1, 0.15) is 32.3 Å². The second kappa shape index (κ2) is 5.77. The zero-order valence-corrected chi connectivity index (χ0v) is 10.2. The number of esters is 1. The third kappa shape index (κ3) is 3.82. The van der Waals surface area contributed by atoms with Gasteiger partial charge in [0, 0.05) is 5.56 Å². The summed E-state index contributed by atoms with van der Waals surface area (Å²) in [5.74, 6) is -0.878. The van der Waals surface area contributed by atoms with Crippen LogP contribution in [-0.4, -0.2) is 11.5 Å². The summed E-state index contributed by atoms with van der Waals surface area (Å²) in [5.41, 5.74) is 5.16. The van der Waals surface area contributed by atoms with Crippen LogP contribution in [0, 0.1) is 5.82 Å². The maximum Gasteiger partial charge on any atom is 0.326 e. The van der Waals surface area contributed by atoms with Crippen LogP contribution in [0.2, 0.25) is 0 Å². The number of ether oxygens (including phenoxy) is 1. The first-order chi connectivity index (χ1) is 7.97. The van der Waals surface area contributed by atoms with E-state index in [0.717, 1.165) is 6.42 Å². The van der Waals surface area contributed by atoms with Gasteiger partial charge >= 0.3 is 5.97 Å². The number of carbonyl (C=O) groups excluding carboxylic acids is 1. The lowest BCUT2D eigenvalue weighted by Gasteiger charge is -2.21. The third-order valence-corrected chi connectivity index (χ3v) is 2.55. The fourth-order valence-electron chi connectivity index (χ4n) is 1.55. The lowest BCUT2D eigenvalue weighted by molar-refractivity contribution is -0.151. The third-order valence-electron chi connectivity index (χ3n) is 2.55. The number of halogens is 1. The molecule has 1 aromatic rings. The number of benzene rings is 1. The zero-order valence-electron chi connectivity index (χ0n) is 10.2. The minimum atomic E-state index is -1.000. The summed E-state index contributed by atoms with van der Waals surface area (Å²) < 4.78 is 18.3. The van der Waals surface area contributed by atoms with Crippen molar-refractivity contribution >= 4 is 5.97 Å². The molecule has 0 heterocycles. The van der Waals surface area contributed by atoms with Crippen molar-refractivity contribution in [2.24, 2.45) is 5.73 Å². The van der Waals surface area contributed by atoms with Gasteiger partial charge in [0.1, 0.15) is 18.0 Å². The number of carbonyl (C=O) groups is 1. The summed E-state index contributed by atoms with van der Waals surface area (Å²) in [7, 11) is 0. The van der Waals surface area contributed by atoms with Crippen LogP contribution in [0.3, 0.4) is 0 Å². The molecule has 1 rings (SSSR count). The van der Waals surface area contributed by atoms with E-state index in [1.165, 1.54) is 6.07 Å². The quantitative estimate of drug-likeness (QED) is 0.803. The van der Waals surface area contributed by atoms with Crippen LogP contribution in [0.15, 0.2) is 24.3 Å². The van der Waals surface area contributed by atoms with Crippen molar-refractivity contribution in [2.45, 2.75) is 38.8 Å². The van der Waals surface area contributed by atoms with E-state index in [0.29, 0.717) is 12.0 Å². The lowest BCUT2D eigenvalue weighted by atomic mass is 9.98. The molecule has 0 radical (unpaired) electrons. The molecule has 0 amide bonds. The molecule has 4 heteroatoms. The van der Waals surface area contributed by atoms with E-state index in [4.69, 9.17) is 10.5 Å². The summed E-state index contributed by atoms with van der Waals surface area (Å²) in [5, 5.41) is 0. The highest BCUT2D eigenvalue weighted by Gasteiger charge is 2.29. The van der Waals surface area contributed by atoms with Crippen molar-refractivity contribution in [3.8, 4) is 0 Å². The van der Waals surface area contributed by atoms with Crippen LogP contribution in [-0.2, 0) is 16.1 Å².